The molecule has 0 amide bonds. The fourth-order valence-corrected chi connectivity index (χ4v) is 4.16. The highest BCUT2D eigenvalue weighted by Crippen LogP contribution is 2.21. The second-order valence-electron chi connectivity index (χ2n) is 5.05. The van der Waals surface area contributed by atoms with Crippen molar-refractivity contribution >= 4 is 9.84 Å². The summed E-state index contributed by atoms with van der Waals surface area (Å²) in [5.41, 5.74) is 0. The van der Waals surface area contributed by atoms with Crippen LogP contribution in [0.3, 0.4) is 0 Å². The molecule has 0 aromatic heterocycles. The van der Waals surface area contributed by atoms with Gasteiger partial charge in [0, 0.05) is 12.1 Å². The van der Waals surface area contributed by atoms with E-state index in [0.29, 0.717) is 24.3 Å². The van der Waals surface area contributed by atoms with E-state index >= 15 is 0 Å². The Morgan fingerprint density at radius 2 is 1.62 bits per heavy atom. The van der Waals surface area contributed by atoms with Gasteiger partial charge >= 0.3 is 0 Å². The molecule has 0 bridgehead atoms. The van der Waals surface area contributed by atoms with Crippen LogP contribution < -0.4 is 5.32 Å². The largest absolute Gasteiger partial charge is 0.392 e. The molecule has 5 heteroatoms. The SMILES string of the molecule is O=S1(=O)CCC(N[C@@H]2CCCC[C@H]2O)CC1. The molecule has 2 N–H and O–H groups in total. The average Bonchev–Trinajstić information content (AvgIpc) is 2.24. The molecule has 94 valence electrons. The molecule has 1 saturated heterocycles. The molecular weight excluding hydrogens is 226 g/mol. The van der Waals surface area contributed by atoms with Gasteiger partial charge in [-0.25, -0.2) is 8.42 Å². The number of nitrogens with one attached hydrogen (secondary N) is 1. The van der Waals surface area contributed by atoms with E-state index in [0.717, 1.165) is 19.3 Å². The Bertz CT molecular complexity index is 314. The summed E-state index contributed by atoms with van der Waals surface area (Å²) in [5, 5.41) is 13.3. The summed E-state index contributed by atoms with van der Waals surface area (Å²) in [4.78, 5) is 0. The van der Waals surface area contributed by atoms with Crippen molar-refractivity contribution in [2.45, 2.75) is 56.7 Å². The zero-order valence-corrected chi connectivity index (χ0v) is 10.4. The maximum atomic E-state index is 11.3. The van der Waals surface area contributed by atoms with E-state index < -0.39 is 9.84 Å². The molecule has 0 spiro atoms. The maximum Gasteiger partial charge on any atom is 0.150 e. The average molecular weight is 247 g/mol. The molecule has 1 aliphatic heterocycles. The highest BCUT2D eigenvalue weighted by atomic mass is 32.2. The number of aliphatic hydroxyl groups excluding tert-OH is 1. The van der Waals surface area contributed by atoms with E-state index in [1.165, 1.54) is 6.42 Å². The topological polar surface area (TPSA) is 66.4 Å². The molecule has 2 atom stereocenters. The monoisotopic (exact) mass is 247 g/mol. The molecular formula is C11H21NO3S. The molecule has 2 fully saturated rings. The Morgan fingerprint density at radius 1 is 1.00 bits per heavy atom. The molecule has 4 nitrogen and oxygen atoms in total. The minimum atomic E-state index is -2.77. The van der Waals surface area contributed by atoms with Gasteiger partial charge in [-0.3, -0.25) is 0 Å². The smallest absolute Gasteiger partial charge is 0.150 e. The molecule has 0 radical (unpaired) electrons. The van der Waals surface area contributed by atoms with Crippen LogP contribution in [0.2, 0.25) is 0 Å². The second-order valence-corrected chi connectivity index (χ2v) is 7.35. The lowest BCUT2D eigenvalue weighted by Crippen LogP contribution is -2.49. The van der Waals surface area contributed by atoms with Gasteiger partial charge in [0.1, 0.15) is 9.84 Å². The molecule has 1 heterocycles. The summed E-state index contributed by atoms with van der Waals surface area (Å²) in [6.07, 6.45) is 5.33. The Labute approximate surface area is 97.3 Å². The lowest BCUT2D eigenvalue weighted by Gasteiger charge is -2.33. The van der Waals surface area contributed by atoms with E-state index in [9.17, 15) is 13.5 Å². The van der Waals surface area contributed by atoms with Gasteiger partial charge < -0.3 is 10.4 Å². The van der Waals surface area contributed by atoms with Crippen LogP contribution in [-0.2, 0) is 9.84 Å². The Hall–Kier alpha value is -0.130. The molecule has 0 aromatic carbocycles. The Balaban J connectivity index is 1.82. The third kappa shape index (κ3) is 3.18. The zero-order chi connectivity index (χ0) is 11.6. The van der Waals surface area contributed by atoms with Gasteiger partial charge in [-0.2, -0.15) is 0 Å². The molecule has 1 saturated carbocycles. The van der Waals surface area contributed by atoms with Crippen molar-refractivity contribution in [2.24, 2.45) is 0 Å². The predicted octanol–water partition coefficient (Wildman–Crippen LogP) is 0.457. The second kappa shape index (κ2) is 5.02. The van der Waals surface area contributed by atoms with Gasteiger partial charge in [-0.05, 0) is 25.7 Å². The van der Waals surface area contributed by atoms with Crippen LogP contribution in [0.25, 0.3) is 0 Å². The first-order chi connectivity index (χ1) is 7.57. The zero-order valence-electron chi connectivity index (χ0n) is 9.56. The minimum absolute atomic E-state index is 0.180. The molecule has 16 heavy (non-hydrogen) atoms. The van der Waals surface area contributed by atoms with Crippen LogP contribution >= 0.6 is 0 Å². The van der Waals surface area contributed by atoms with Crippen molar-refractivity contribution in [1.82, 2.24) is 5.32 Å². The third-order valence-electron chi connectivity index (χ3n) is 3.73. The van der Waals surface area contributed by atoms with Crippen LogP contribution in [0.5, 0.6) is 0 Å². The number of rotatable bonds is 2. The molecule has 0 unspecified atom stereocenters. The predicted molar refractivity (Wildman–Crippen MR) is 63.1 cm³/mol. The van der Waals surface area contributed by atoms with Gasteiger partial charge in [0.15, 0.2) is 0 Å². The Morgan fingerprint density at radius 3 is 2.25 bits per heavy atom. The van der Waals surface area contributed by atoms with Crippen molar-refractivity contribution in [1.29, 1.82) is 0 Å². The number of aliphatic hydroxyl groups is 1. The van der Waals surface area contributed by atoms with Crippen LogP contribution in [0, 0.1) is 0 Å². The summed E-state index contributed by atoms with van der Waals surface area (Å²) in [6, 6.07) is 0.459. The number of hydrogen-bond acceptors (Lipinski definition) is 4. The van der Waals surface area contributed by atoms with E-state index in [-0.39, 0.29) is 18.2 Å². The van der Waals surface area contributed by atoms with Crippen LogP contribution in [-0.4, -0.2) is 43.2 Å². The summed E-state index contributed by atoms with van der Waals surface area (Å²) in [5.74, 6) is 0.598. The van der Waals surface area contributed by atoms with Crippen LogP contribution in [0.1, 0.15) is 38.5 Å². The van der Waals surface area contributed by atoms with Crippen LogP contribution in [0.4, 0.5) is 0 Å². The first-order valence-electron chi connectivity index (χ1n) is 6.21. The van der Waals surface area contributed by atoms with Gasteiger partial charge in [0.2, 0.25) is 0 Å². The molecule has 2 aliphatic rings. The quantitative estimate of drug-likeness (QED) is 0.744. The highest BCUT2D eigenvalue weighted by Gasteiger charge is 2.29. The van der Waals surface area contributed by atoms with Crippen LogP contribution in [0.15, 0.2) is 0 Å². The molecule has 2 rings (SSSR count). The van der Waals surface area contributed by atoms with Gasteiger partial charge in [-0.15, -0.1) is 0 Å². The highest BCUT2D eigenvalue weighted by molar-refractivity contribution is 7.91. The molecule has 0 aromatic rings. The van der Waals surface area contributed by atoms with Crippen molar-refractivity contribution in [2.75, 3.05) is 11.5 Å². The van der Waals surface area contributed by atoms with Gasteiger partial charge in [0.05, 0.1) is 17.6 Å². The van der Waals surface area contributed by atoms with Crippen molar-refractivity contribution in [3.8, 4) is 0 Å². The Kier molecular flexibility index (Phi) is 3.87. The number of sulfone groups is 1. The van der Waals surface area contributed by atoms with Crippen molar-refractivity contribution in [3.05, 3.63) is 0 Å². The summed E-state index contributed by atoms with van der Waals surface area (Å²) < 4.78 is 22.6. The fourth-order valence-electron chi connectivity index (χ4n) is 2.67. The summed E-state index contributed by atoms with van der Waals surface area (Å²) in [7, 11) is -2.77. The van der Waals surface area contributed by atoms with Gasteiger partial charge in [-0.1, -0.05) is 12.8 Å². The minimum Gasteiger partial charge on any atom is -0.392 e. The lowest BCUT2D eigenvalue weighted by molar-refractivity contribution is 0.0840. The first kappa shape index (κ1) is 12.3. The van der Waals surface area contributed by atoms with Crippen molar-refractivity contribution < 1.29 is 13.5 Å². The van der Waals surface area contributed by atoms with E-state index in [1.54, 1.807) is 0 Å². The van der Waals surface area contributed by atoms with Gasteiger partial charge in [0.25, 0.3) is 0 Å². The van der Waals surface area contributed by atoms with E-state index in [2.05, 4.69) is 5.32 Å². The van der Waals surface area contributed by atoms with Crippen molar-refractivity contribution in [3.63, 3.8) is 0 Å². The third-order valence-corrected chi connectivity index (χ3v) is 5.45. The summed E-state index contributed by atoms with van der Waals surface area (Å²) >= 11 is 0. The number of hydrogen-bond donors (Lipinski definition) is 2. The lowest BCUT2D eigenvalue weighted by atomic mass is 9.91. The molecule has 1 aliphatic carbocycles. The summed E-state index contributed by atoms with van der Waals surface area (Å²) in [6.45, 7) is 0. The maximum absolute atomic E-state index is 11.3. The first-order valence-corrected chi connectivity index (χ1v) is 8.03. The van der Waals surface area contributed by atoms with E-state index in [1.807, 2.05) is 0 Å². The normalized spacial score (nSPS) is 36.1. The van der Waals surface area contributed by atoms with E-state index in [4.69, 9.17) is 0 Å². The fraction of sp³-hybridized carbons (Fsp3) is 1.00. The standard InChI is InChI=1S/C11H21NO3S/c13-11-4-2-1-3-10(11)12-9-5-7-16(14,15)8-6-9/h9-13H,1-8H2/t10-,11-/m1/s1.